The van der Waals surface area contributed by atoms with E-state index in [1.54, 1.807) is 0 Å². The zero-order chi connectivity index (χ0) is 5.70. The highest BCUT2D eigenvalue weighted by Gasteiger charge is 1.99. The summed E-state index contributed by atoms with van der Waals surface area (Å²) in [5.74, 6) is 0. The lowest BCUT2D eigenvalue weighted by molar-refractivity contribution is 0.541. The van der Waals surface area contributed by atoms with Crippen molar-refractivity contribution in [2.24, 2.45) is 0 Å². The molecule has 0 aliphatic rings. The van der Waals surface area contributed by atoms with Crippen molar-refractivity contribution in [2.45, 2.75) is 11.8 Å². The van der Waals surface area contributed by atoms with E-state index in [9.17, 15) is 9.59 Å². The molecule has 0 amide bonds. The molecule has 0 saturated heterocycles. The quantitative estimate of drug-likeness (QED) is 0.497. The van der Waals surface area contributed by atoms with Gasteiger partial charge in [-0.25, -0.2) is 0 Å². The van der Waals surface area contributed by atoms with Crippen LogP contribution < -0.4 is 0 Å². The lowest BCUT2D eigenvalue weighted by atomic mass is 10.4. The minimum absolute atomic E-state index is 0.0644. The second-order valence-corrected chi connectivity index (χ2v) is 1.46. The third kappa shape index (κ3) is 3.46. The van der Waals surface area contributed by atoms with Gasteiger partial charge in [-0.3, -0.25) is 9.59 Å². The third-order valence-corrected chi connectivity index (χ3v) is 0.634. The molecule has 2 nitrogen and oxygen atoms in total. The number of rotatable bonds is 3. The van der Waals surface area contributed by atoms with E-state index in [0.717, 1.165) is 0 Å². The third-order valence-electron chi connectivity index (χ3n) is 0.390. The van der Waals surface area contributed by atoms with E-state index in [4.69, 9.17) is 11.6 Å². The molecule has 0 aliphatic heterocycles. The Hall–Kier alpha value is -0.370. The van der Waals surface area contributed by atoms with Crippen molar-refractivity contribution in [2.75, 3.05) is 0 Å². The van der Waals surface area contributed by atoms with Crippen LogP contribution >= 0.6 is 11.6 Å². The van der Waals surface area contributed by atoms with Gasteiger partial charge < -0.3 is 0 Å². The van der Waals surface area contributed by atoms with Crippen LogP contribution in [0.5, 0.6) is 0 Å². The maximum atomic E-state index is 9.46. The first-order valence-electron chi connectivity index (χ1n) is 1.68. The van der Waals surface area contributed by atoms with E-state index < -0.39 is 5.38 Å². The van der Waals surface area contributed by atoms with Crippen LogP contribution in [0.2, 0.25) is 0 Å². The minimum atomic E-state index is -0.808. The molecule has 0 rings (SSSR count). The molecule has 0 aromatic heterocycles. The molecule has 3 heteroatoms. The molecule has 1 atom stereocenters. The molecule has 0 saturated carbocycles. The highest BCUT2D eigenvalue weighted by molar-refractivity contribution is 6.28. The number of hydrogen-bond acceptors (Lipinski definition) is 2. The van der Waals surface area contributed by atoms with Crippen molar-refractivity contribution in [3.63, 3.8) is 0 Å². The topological polar surface area (TPSA) is 34.1 Å². The van der Waals surface area contributed by atoms with Crippen LogP contribution in [-0.4, -0.2) is 17.9 Å². The summed E-state index contributed by atoms with van der Waals surface area (Å²) in [5.41, 5.74) is 0. The van der Waals surface area contributed by atoms with Gasteiger partial charge in [-0.15, -0.1) is 11.6 Å². The molecule has 0 aromatic carbocycles. The highest BCUT2D eigenvalue weighted by Crippen LogP contribution is 1.92. The van der Waals surface area contributed by atoms with Gasteiger partial charge in [0.15, 0.2) is 6.29 Å². The molecule has 0 fully saturated rings. The normalized spacial score (nSPS) is 12.7. The zero-order valence-corrected chi connectivity index (χ0v) is 4.23. The van der Waals surface area contributed by atoms with E-state index in [-0.39, 0.29) is 6.42 Å². The Labute approximate surface area is 46.5 Å². The summed E-state index contributed by atoms with van der Waals surface area (Å²) in [5, 5.41) is -0.808. The van der Waals surface area contributed by atoms with Crippen LogP contribution in [0.15, 0.2) is 0 Å². The van der Waals surface area contributed by atoms with Crippen LogP contribution in [0.4, 0.5) is 0 Å². The van der Waals surface area contributed by atoms with Crippen molar-refractivity contribution in [3.05, 3.63) is 0 Å². The predicted molar refractivity (Wildman–Crippen MR) is 25.6 cm³/mol. The molecule has 0 N–H and O–H groups in total. The van der Waals surface area contributed by atoms with Crippen molar-refractivity contribution in [1.82, 2.24) is 0 Å². The Morgan fingerprint density at radius 2 is 2.14 bits per heavy atom. The second kappa shape index (κ2) is 3.81. The smallest absolute Gasteiger partial charge is 0.218 e. The van der Waals surface area contributed by atoms with Crippen LogP contribution in [0.1, 0.15) is 6.42 Å². The van der Waals surface area contributed by atoms with Gasteiger partial charge in [0.1, 0.15) is 5.38 Å². The van der Waals surface area contributed by atoms with E-state index in [2.05, 4.69) is 0 Å². The van der Waals surface area contributed by atoms with E-state index in [0.29, 0.717) is 0 Å². The maximum Gasteiger partial charge on any atom is 0.218 e. The Balaban J connectivity index is 3.15. The fourth-order valence-corrected chi connectivity index (χ4v) is 0.178. The number of alkyl halides is 1. The molecule has 2 radical (unpaired) electrons. The monoisotopic (exact) mass is 118 g/mol. The average molecular weight is 119 g/mol. The lowest BCUT2D eigenvalue weighted by Crippen LogP contribution is -1.98. The predicted octanol–water partition coefficient (Wildman–Crippen LogP) is 0.203. The van der Waals surface area contributed by atoms with Gasteiger partial charge in [0, 0.05) is 6.42 Å². The molecule has 0 aliphatic carbocycles. The summed E-state index contributed by atoms with van der Waals surface area (Å²) in [6.45, 7) is 0. The summed E-state index contributed by atoms with van der Waals surface area (Å²) in [4.78, 5) is 18.8. The molecular formula is C4H3ClO2. The summed E-state index contributed by atoms with van der Waals surface area (Å²) < 4.78 is 0. The largest absolute Gasteiger partial charge is 0.291 e. The van der Waals surface area contributed by atoms with Crippen molar-refractivity contribution in [3.8, 4) is 0 Å². The maximum absolute atomic E-state index is 9.46. The van der Waals surface area contributed by atoms with Gasteiger partial charge in [0.25, 0.3) is 0 Å². The number of carbonyl (C=O) groups excluding carboxylic acids is 2. The summed E-state index contributed by atoms with van der Waals surface area (Å²) in [6, 6.07) is 0. The zero-order valence-electron chi connectivity index (χ0n) is 3.48. The fourth-order valence-electron chi connectivity index (χ4n) is 0.115. The molecule has 0 heterocycles. The standard InChI is InChI=1S/C4H3ClO2/c5-4(3-7)1-2-6/h4H,1H2/t4-/m0/s1. The number of hydrogen-bond donors (Lipinski definition) is 0. The SMILES string of the molecule is O=[C]C[C@H](Cl)[C]=O. The molecule has 38 valence electrons. The number of halogens is 1. The van der Waals surface area contributed by atoms with Crippen molar-refractivity contribution in [1.29, 1.82) is 0 Å². The molecule has 0 bridgehead atoms. The summed E-state index contributed by atoms with van der Waals surface area (Å²) >= 11 is 5.08. The Kier molecular flexibility index (Phi) is 3.61. The van der Waals surface area contributed by atoms with Gasteiger partial charge >= 0.3 is 0 Å². The summed E-state index contributed by atoms with van der Waals surface area (Å²) in [7, 11) is 0. The average Bonchev–Trinajstić information content (AvgIpc) is 1.68. The van der Waals surface area contributed by atoms with Gasteiger partial charge in [-0.1, -0.05) is 0 Å². The minimum Gasteiger partial charge on any atom is -0.291 e. The van der Waals surface area contributed by atoms with Gasteiger partial charge in [0.05, 0.1) is 0 Å². The molecular weight excluding hydrogens is 115 g/mol. The molecule has 7 heavy (non-hydrogen) atoms. The van der Waals surface area contributed by atoms with Crippen molar-refractivity contribution >= 4 is 24.2 Å². The van der Waals surface area contributed by atoms with Crippen LogP contribution in [-0.2, 0) is 9.59 Å². The Morgan fingerprint density at radius 3 is 2.29 bits per heavy atom. The Morgan fingerprint density at radius 1 is 1.57 bits per heavy atom. The fraction of sp³-hybridized carbons (Fsp3) is 0.500. The summed E-state index contributed by atoms with van der Waals surface area (Å²) in [6.07, 6.45) is 2.83. The Bertz CT molecular complexity index is 72.1. The first-order chi connectivity index (χ1) is 3.31. The van der Waals surface area contributed by atoms with Crippen molar-refractivity contribution < 1.29 is 9.59 Å². The van der Waals surface area contributed by atoms with E-state index >= 15 is 0 Å². The van der Waals surface area contributed by atoms with E-state index in [1.807, 2.05) is 0 Å². The highest BCUT2D eigenvalue weighted by atomic mass is 35.5. The van der Waals surface area contributed by atoms with Crippen LogP contribution in [0.3, 0.4) is 0 Å². The first-order valence-corrected chi connectivity index (χ1v) is 2.11. The van der Waals surface area contributed by atoms with Gasteiger partial charge in [0.2, 0.25) is 6.29 Å². The van der Waals surface area contributed by atoms with Gasteiger partial charge in [-0.05, 0) is 0 Å². The molecule has 0 aromatic rings. The van der Waals surface area contributed by atoms with Gasteiger partial charge in [-0.2, -0.15) is 0 Å². The molecule has 0 unspecified atom stereocenters. The van der Waals surface area contributed by atoms with E-state index in [1.165, 1.54) is 12.6 Å². The van der Waals surface area contributed by atoms with Crippen LogP contribution in [0.25, 0.3) is 0 Å². The first kappa shape index (κ1) is 6.63. The van der Waals surface area contributed by atoms with Crippen LogP contribution in [0, 0.1) is 0 Å². The lowest BCUT2D eigenvalue weighted by Gasteiger charge is -1.83. The second-order valence-electron chi connectivity index (χ2n) is 0.934. The molecule has 0 spiro atoms.